The maximum Gasteiger partial charge on any atom is 0.330 e. The quantitative estimate of drug-likeness (QED) is 0.297. The molecule has 0 saturated carbocycles. The molecule has 24 heavy (non-hydrogen) atoms. The monoisotopic (exact) mass is 328 g/mol. The normalized spacial score (nSPS) is 11.2. The Balaban J connectivity index is 2.42. The fourth-order valence-electron chi connectivity index (χ4n) is 1.98. The van der Waals surface area contributed by atoms with Gasteiger partial charge in [0.15, 0.2) is 23.0 Å². The third-order valence-corrected chi connectivity index (χ3v) is 3.27. The van der Waals surface area contributed by atoms with E-state index >= 15 is 0 Å². The first-order valence-electron chi connectivity index (χ1n) is 6.93. The molecule has 0 atom stereocenters. The van der Waals surface area contributed by atoms with Crippen molar-refractivity contribution in [2.45, 2.75) is 0 Å². The van der Waals surface area contributed by atoms with Gasteiger partial charge in [0.25, 0.3) is 0 Å². The van der Waals surface area contributed by atoms with Crippen molar-refractivity contribution in [3.63, 3.8) is 0 Å². The minimum absolute atomic E-state index is 0.242. The lowest BCUT2D eigenvalue weighted by molar-refractivity contribution is -0.134. The van der Waals surface area contributed by atoms with Crippen molar-refractivity contribution in [1.82, 2.24) is 0 Å². The van der Waals surface area contributed by atoms with Crippen molar-refractivity contribution in [2.75, 3.05) is 7.11 Å². The predicted molar refractivity (Wildman–Crippen MR) is 89.5 cm³/mol. The second-order valence-electron chi connectivity index (χ2n) is 4.87. The molecular formula is C18H16O6. The summed E-state index contributed by atoms with van der Waals surface area (Å²) in [5.41, 5.74) is 1.33. The maximum atomic E-state index is 11.2. The van der Waals surface area contributed by atoms with Gasteiger partial charge in [0.1, 0.15) is 0 Å². The van der Waals surface area contributed by atoms with Crippen LogP contribution in [0.5, 0.6) is 23.0 Å². The molecule has 0 unspecified atom stereocenters. The maximum absolute atomic E-state index is 11.2. The van der Waals surface area contributed by atoms with E-state index in [4.69, 9.17) is 0 Å². The lowest BCUT2D eigenvalue weighted by Crippen LogP contribution is -1.93. The van der Waals surface area contributed by atoms with E-state index in [0.717, 1.165) is 0 Å². The third kappa shape index (κ3) is 3.86. The van der Waals surface area contributed by atoms with Gasteiger partial charge in [0, 0.05) is 11.6 Å². The van der Waals surface area contributed by atoms with Crippen molar-refractivity contribution in [3.8, 4) is 23.0 Å². The Kier molecular flexibility index (Phi) is 5.11. The van der Waals surface area contributed by atoms with E-state index in [1.54, 1.807) is 12.1 Å². The lowest BCUT2D eigenvalue weighted by atomic mass is 10.0. The molecule has 4 N–H and O–H groups in total. The minimum Gasteiger partial charge on any atom is -0.504 e. The van der Waals surface area contributed by atoms with E-state index in [1.807, 2.05) is 0 Å². The summed E-state index contributed by atoms with van der Waals surface area (Å²) in [6.07, 6.45) is 5.72. The number of carbonyl (C=O) groups is 1. The molecule has 0 heterocycles. The van der Waals surface area contributed by atoms with Gasteiger partial charge in [-0.1, -0.05) is 18.2 Å². The smallest absolute Gasteiger partial charge is 0.330 e. The molecule has 0 fully saturated rings. The van der Waals surface area contributed by atoms with E-state index in [0.29, 0.717) is 11.1 Å². The summed E-state index contributed by atoms with van der Waals surface area (Å²) in [7, 11) is 1.25. The summed E-state index contributed by atoms with van der Waals surface area (Å²) >= 11 is 0. The molecule has 0 spiro atoms. The second-order valence-corrected chi connectivity index (χ2v) is 4.87. The number of hydrogen-bond donors (Lipinski definition) is 4. The molecule has 0 aromatic heterocycles. The Bertz CT molecular complexity index is 820. The van der Waals surface area contributed by atoms with Crippen molar-refractivity contribution >= 4 is 24.2 Å². The Hall–Kier alpha value is -3.41. The van der Waals surface area contributed by atoms with Gasteiger partial charge in [0.2, 0.25) is 0 Å². The third-order valence-electron chi connectivity index (χ3n) is 3.27. The van der Waals surface area contributed by atoms with Crippen LogP contribution in [0.3, 0.4) is 0 Å². The second kappa shape index (κ2) is 7.23. The van der Waals surface area contributed by atoms with Crippen LogP contribution in [-0.2, 0) is 9.53 Å². The summed E-state index contributed by atoms with van der Waals surface area (Å²) in [4.78, 5) is 11.2. The van der Waals surface area contributed by atoms with Crippen LogP contribution in [-0.4, -0.2) is 33.5 Å². The molecule has 0 amide bonds. The van der Waals surface area contributed by atoms with Crippen molar-refractivity contribution in [3.05, 3.63) is 53.1 Å². The zero-order valence-electron chi connectivity index (χ0n) is 12.8. The average molecular weight is 328 g/mol. The standard InChI is InChI=1S/C18H16O6/c1-24-17(22)9-5-12-4-8-15(20)18(23)13(12)6-2-11-3-7-14(19)16(21)10-11/h2-10,19-21,23H,1H3/b6-2+,9-5+. The van der Waals surface area contributed by atoms with Crippen molar-refractivity contribution < 1.29 is 30.0 Å². The van der Waals surface area contributed by atoms with Crippen LogP contribution in [0.1, 0.15) is 16.7 Å². The van der Waals surface area contributed by atoms with Gasteiger partial charge in [-0.15, -0.1) is 0 Å². The molecule has 0 radical (unpaired) electrons. The van der Waals surface area contributed by atoms with Crippen LogP contribution in [0.4, 0.5) is 0 Å². The summed E-state index contributed by atoms with van der Waals surface area (Å²) in [6.45, 7) is 0. The predicted octanol–water partition coefficient (Wildman–Crippen LogP) is 2.87. The number of phenolic OH excluding ortho intramolecular Hbond substituents is 4. The number of ether oxygens (including phenoxy) is 1. The van der Waals surface area contributed by atoms with E-state index in [-0.39, 0.29) is 28.6 Å². The van der Waals surface area contributed by atoms with Crippen LogP contribution in [0.2, 0.25) is 0 Å². The number of esters is 1. The van der Waals surface area contributed by atoms with E-state index in [2.05, 4.69) is 4.74 Å². The van der Waals surface area contributed by atoms with Gasteiger partial charge in [-0.25, -0.2) is 4.79 Å². The number of hydrogen-bond acceptors (Lipinski definition) is 6. The number of benzene rings is 2. The summed E-state index contributed by atoms with van der Waals surface area (Å²) in [6, 6.07) is 7.07. The highest BCUT2D eigenvalue weighted by Gasteiger charge is 2.09. The molecule has 6 heteroatoms. The first kappa shape index (κ1) is 17.0. The number of phenols is 4. The highest BCUT2D eigenvalue weighted by Crippen LogP contribution is 2.34. The SMILES string of the molecule is COC(=O)/C=C/c1ccc(O)c(O)c1/C=C/c1ccc(O)c(O)c1. The molecule has 124 valence electrons. The van der Waals surface area contributed by atoms with Gasteiger partial charge in [-0.3, -0.25) is 0 Å². The molecule has 2 aromatic rings. The van der Waals surface area contributed by atoms with E-state index in [9.17, 15) is 25.2 Å². The molecule has 0 aliphatic carbocycles. The molecule has 0 aliphatic rings. The Labute approximate surface area is 138 Å². The number of carbonyl (C=O) groups excluding carboxylic acids is 1. The molecule has 2 rings (SSSR count). The van der Waals surface area contributed by atoms with Crippen LogP contribution < -0.4 is 0 Å². The average Bonchev–Trinajstić information content (AvgIpc) is 2.57. The van der Waals surface area contributed by atoms with Gasteiger partial charge in [-0.2, -0.15) is 0 Å². The highest BCUT2D eigenvalue weighted by molar-refractivity contribution is 5.89. The van der Waals surface area contributed by atoms with Crippen LogP contribution in [0.25, 0.3) is 18.2 Å². The van der Waals surface area contributed by atoms with Crippen molar-refractivity contribution in [2.24, 2.45) is 0 Å². The summed E-state index contributed by atoms with van der Waals surface area (Å²) in [5.74, 6) is -1.72. The van der Waals surface area contributed by atoms with Gasteiger partial charge < -0.3 is 25.2 Å². The van der Waals surface area contributed by atoms with Gasteiger partial charge in [0.05, 0.1) is 7.11 Å². The molecule has 0 saturated heterocycles. The topological polar surface area (TPSA) is 107 Å². The van der Waals surface area contributed by atoms with Crippen LogP contribution >= 0.6 is 0 Å². The minimum atomic E-state index is -0.555. The molecule has 2 aromatic carbocycles. The molecule has 0 bridgehead atoms. The van der Waals surface area contributed by atoms with Crippen LogP contribution in [0, 0.1) is 0 Å². The zero-order chi connectivity index (χ0) is 17.7. The molecule has 0 aliphatic heterocycles. The summed E-state index contributed by atoms with van der Waals surface area (Å²) < 4.78 is 4.51. The number of aromatic hydroxyl groups is 4. The number of methoxy groups -OCH3 is 1. The van der Waals surface area contributed by atoms with Crippen LogP contribution in [0.15, 0.2) is 36.4 Å². The molecular weight excluding hydrogens is 312 g/mol. The van der Waals surface area contributed by atoms with Gasteiger partial charge >= 0.3 is 5.97 Å². The Morgan fingerprint density at radius 2 is 1.62 bits per heavy atom. The number of rotatable bonds is 4. The largest absolute Gasteiger partial charge is 0.504 e. The zero-order valence-corrected chi connectivity index (χ0v) is 12.8. The first-order valence-corrected chi connectivity index (χ1v) is 6.93. The lowest BCUT2D eigenvalue weighted by Gasteiger charge is -2.07. The highest BCUT2D eigenvalue weighted by atomic mass is 16.5. The fraction of sp³-hybridized carbons (Fsp3) is 0.0556. The molecule has 6 nitrogen and oxygen atoms in total. The van der Waals surface area contributed by atoms with Crippen molar-refractivity contribution in [1.29, 1.82) is 0 Å². The Morgan fingerprint density at radius 3 is 2.29 bits per heavy atom. The fourth-order valence-corrected chi connectivity index (χ4v) is 1.98. The Morgan fingerprint density at radius 1 is 0.917 bits per heavy atom. The summed E-state index contributed by atoms with van der Waals surface area (Å²) in [5, 5.41) is 38.5. The first-order chi connectivity index (χ1) is 11.4. The van der Waals surface area contributed by atoms with E-state index < -0.39 is 5.97 Å². The van der Waals surface area contributed by atoms with Gasteiger partial charge in [-0.05, 0) is 41.5 Å². The van der Waals surface area contributed by atoms with E-state index in [1.165, 1.54) is 49.6 Å².